The lowest BCUT2D eigenvalue weighted by Crippen LogP contribution is -2.50. The van der Waals surface area contributed by atoms with Crippen LogP contribution in [-0.2, 0) is 4.74 Å². The zero-order valence-corrected chi connectivity index (χ0v) is 16.1. The van der Waals surface area contributed by atoms with Crippen LogP contribution in [0.1, 0.15) is 27.1 Å². The molecule has 2 aliphatic rings. The van der Waals surface area contributed by atoms with E-state index < -0.39 is 0 Å². The van der Waals surface area contributed by atoms with E-state index in [9.17, 15) is 14.4 Å². The van der Waals surface area contributed by atoms with Crippen LogP contribution in [0.15, 0.2) is 18.2 Å². The maximum absolute atomic E-state index is 12.6. The largest absolute Gasteiger partial charge is 0.385 e. The van der Waals surface area contributed by atoms with Gasteiger partial charge in [0.15, 0.2) is 0 Å². The molecule has 0 aliphatic carbocycles. The Hall–Kier alpha value is -2.49. The molecule has 3 rings (SSSR count). The number of benzene rings is 1. The predicted octanol–water partition coefficient (Wildman–Crippen LogP) is 0.427. The third-order valence-electron chi connectivity index (χ3n) is 5.06. The van der Waals surface area contributed by atoms with Crippen LogP contribution >= 0.6 is 0 Å². The van der Waals surface area contributed by atoms with Crippen molar-refractivity contribution in [1.29, 1.82) is 0 Å². The van der Waals surface area contributed by atoms with Crippen LogP contribution in [-0.4, -0.2) is 92.1 Å². The maximum atomic E-state index is 12.6. The highest BCUT2D eigenvalue weighted by atomic mass is 16.5. The van der Waals surface area contributed by atoms with Crippen LogP contribution < -0.4 is 11.1 Å². The molecule has 2 heterocycles. The third kappa shape index (κ3) is 4.32. The molecular weight excluding hydrogens is 362 g/mol. The van der Waals surface area contributed by atoms with Crippen molar-refractivity contribution in [1.82, 2.24) is 14.7 Å². The number of nitrogens with two attached hydrogens (primary N) is 1. The van der Waals surface area contributed by atoms with Crippen LogP contribution in [0.5, 0.6) is 0 Å². The van der Waals surface area contributed by atoms with Crippen LogP contribution in [0.4, 0.5) is 10.5 Å². The number of imide groups is 1. The lowest BCUT2D eigenvalue weighted by molar-refractivity contribution is 0.0638. The van der Waals surface area contributed by atoms with E-state index in [0.717, 1.165) is 19.6 Å². The first-order valence-electron chi connectivity index (χ1n) is 9.52. The van der Waals surface area contributed by atoms with Crippen LogP contribution in [0, 0.1) is 0 Å². The number of fused-ring (bicyclic) bond motifs is 1. The number of methoxy groups -OCH3 is 1. The Kier molecular flexibility index (Phi) is 6.61. The fraction of sp³-hybridized carbons (Fsp3) is 0.526. The van der Waals surface area contributed by atoms with Gasteiger partial charge in [0.25, 0.3) is 11.8 Å². The van der Waals surface area contributed by atoms with Gasteiger partial charge in [-0.1, -0.05) is 0 Å². The minimum absolute atomic E-state index is 0.207. The summed E-state index contributed by atoms with van der Waals surface area (Å²) in [6.45, 7) is 5.06. The summed E-state index contributed by atoms with van der Waals surface area (Å²) in [6, 6.07) is 4.63. The molecule has 0 atom stereocenters. The van der Waals surface area contributed by atoms with Gasteiger partial charge in [-0.25, -0.2) is 4.79 Å². The summed E-state index contributed by atoms with van der Waals surface area (Å²) < 4.78 is 4.98. The van der Waals surface area contributed by atoms with Crippen LogP contribution in [0.25, 0.3) is 0 Å². The highest BCUT2D eigenvalue weighted by Gasteiger charge is 2.35. The number of nitrogens with zero attached hydrogens (tertiary/aromatic N) is 3. The predicted molar refractivity (Wildman–Crippen MR) is 104 cm³/mol. The molecule has 0 radical (unpaired) electrons. The Morgan fingerprint density at radius 2 is 1.82 bits per heavy atom. The van der Waals surface area contributed by atoms with E-state index in [0.29, 0.717) is 56.0 Å². The van der Waals surface area contributed by atoms with Gasteiger partial charge in [-0.2, -0.15) is 0 Å². The molecule has 1 aromatic rings. The molecule has 1 fully saturated rings. The summed E-state index contributed by atoms with van der Waals surface area (Å²) in [5, 5.41) is 2.83. The lowest BCUT2D eigenvalue weighted by atomic mass is 10.1. The van der Waals surface area contributed by atoms with Crippen molar-refractivity contribution < 1.29 is 19.1 Å². The average molecular weight is 389 g/mol. The highest BCUT2D eigenvalue weighted by Crippen LogP contribution is 2.26. The monoisotopic (exact) mass is 389 g/mol. The Morgan fingerprint density at radius 1 is 1.11 bits per heavy atom. The number of ether oxygens (including phenoxy) is 1. The summed E-state index contributed by atoms with van der Waals surface area (Å²) in [5.41, 5.74) is 6.77. The van der Waals surface area contributed by atoms with Crippen molar-refractivity contribution in [2.75, 3.05) is 64.8 Å². The molecule has 152 valence electrons. The molecule has 0 bridgehead atoms. The number of nitrogens with one attached hydrogen (secondary N) is 1. The zero-order valence-electron chi connectivity index (χ0n) is 16.1. The van der Waals surface area contributed by atoms with Gasteiger partial charge in [0.05, 0.1) is 11.1 Å². The summed E-state index contributed by atoms with van der Waals surface area (Å²) >= 11 is 0. The lowest BCUT2D eigenvalue weighted by Gasteiger charge is -2.34. The highest BCUT2D eigenvalue weighted by molar-refractivity contribution is 6.21. The Morgan fingerprint density at radius 3 is 2.50 bits per heavy atom. The molecule has 28 heavy (non-hydrogen) atoms. The number of rotatable bonds is 7. The molecule has 0 spiro atoms. The van der Waals surface area contributed by atoms with Gasteiger partial charge in [-0.05, 0) is 24.6 Å². The molecule has 4 amide bonds. The van der Waals surface area contributed by atoms with Crippen molar-refractivity contribution in [3.63, 3.8) is 0 Å². The number of amides is 4. The van der Waals surface area contributed by atoms with Crippen LogP contribution in [0.3, 0.4) is 0 Å². The van der Waals surface area contributed by atoms with Gasteiger partial charge in [-0.15, -0.1) is 0 Å². The van der Waals surface area contributed by atoms with Crippen molar-refractivity contribution in [3.05, 3.63) is 29.3 Å². The molecule has 0 unspecified atom stereocenters. The second kappa shape index (κ2) is 9.13. The van der Waals surface area contributed by atoms with E-state index in [1.54, 1.807) is 30.2 Å². The average Bonchev–Trinajstić information content (AvgIpc) is 2.93. The van der Waals surface area contributed by atoms with Gasteiger partial charge < -0.3 is 20.7 Å². The number of anilines is 1. The summed E-state index contributed by atoms with van der Waals surface area (Å²) in [7, 11) is 1.58. The first-order chi connectivity index (χ1) is 13.5. The SMILES string of the molecule is COCCCN1C(=O)c2ccc(NC(=O)N3CCN(CCN)CC3)cc2C1=O. The van der Waals surface area contributed by atoms with E-state index in [1.807, 2.05) is 0 Å². The van der Waals surface area contributed by atoms with Crippen molar-refractivity contribution in [2.45, 2.75) is 6.42 Å². The number of carbonyl (C=O) groups excluding carboxylic acids is 3. The number of carbonyl (C=O) groups is 3. The van der Waals surface area contributed by atoms with Crippen molar-refractivity contribution in [3.8, 4) is 0 Å². The number of hydrogen-bond donors (Lipinski definition) is 2. The first kappa shape index (κ1) is 20.2. The fourth-order valence-electron chi connectivity index (χ4n) is 3.50. The van der Waals surface area contributed by atoms with Crippen molar-refractivity contribution in [2.24, 2.45) is 5.73 Å². The van der Waals surface area contributed by atoms with Gasteiger partial charge >= 0.3 is 6.03 Å². The standard InChI is InChI=1S/C19H27N5O4/c1-28-12-2-6-24-17(25)15-4-3-14(13-16(15)18(24)26)21-19(27)23-10-8-22(7-5-20)9-11-23/h3-4,13H,2,5-12,20H2,1H3,(H,21,27). The molecular formula is C19H27N5O4. The molecule has 9 nitrogen and oxygen atoms in total. The van der Waals surface area contributed by atoms with E-state index >= 15 is 0 Å². The molecule has 3 N–H and O–H groups in total. The zero-order chi connectivity index (χ0) is 20.1. The van der Waals surface area contributed by atoms with Gasteiger partial charge in [0.1, 0.15) is 0 Å². The normalized spacial score (nSPS) is 17.2. The molecule has 1 saturated heterocycles. The molecule has 1 aromatic carbocycles. The van der Waals surface area contributed by atoms with Gasteiger partial charge in [-0.3, -0.25) is 19.4 Å². The first-order valence-corrected chi connectivity index (χ1v) is 9.52. The minimum Gasteiger partial charge on any atom is -0.385 e. The third-order valence-corrected chi connectivity index (χ3v) is 5.06. The Labute approximate surface area is 164 Å². The fourth-order valence-corrected chi connectivity index (χ4v) is 3.50. The molecule has 2 aliphatic heterocycles. The van der Waals surface area contributed by atoms with E-state index in [2.05, 4.69) is 10.2 Å². The quantitative estimate of drug-likeness (QED) is 0.517. The molecule has 0 saturated carbocycles. The topological polar surface area (TPSA) is 108 Å². The van der Waals surface area contributed by atoms with Crippen LogP contribution in [0.2, 0.25) is 0 Å². The molecule has 9 heteroatoms. The second-order valence-electron chi connectivity index (χ2n) is 6.92. The van der Waals surface area contributed by atoms with E-state index in [-0.39, 0.29) is 17.8 Å². The van der Waals surface area contributed by atoms with Gasteiger partial charge in [0.2, 0.25) is 0 Å². The molecule has 0 aromatic heterocycles. The number of urea groups is 1. The maximum Gasteiger partial charge on any atom is 0.321 e. The summed E-state index contributed by atoms with van der Waals surface area (Å²) in [5.74, 6) is -0.632. The second-order valence-corrected chi connectivity index (χ2v) is 6.92. The number of piperazine rings is 1. The summed E-state index contributed by atoms with van der Waals surface area (Å²) in [6.07, 6.45) is 0.585. The van der Waals surface area contributed by atoms with Gasteiger partial charge in [0, 0.05) is 65.2 Å². The smallest absolute Gasteiger partial charge is 0.321 e. The summed E-state index contributed by atoms with van der Waals surface area (Å²) in [4.78, 5) is 42.7. The van der Waals surface area contributed by atoms with E-state index in [1.165, 1.54) is 4.90 Å². The Balaban J connectivity index is 1.61. The number of hydrogen-bond acceptors (Lipinski definition) is 6. The Bertz CT molecular complexity index is 746. The minimum atomic E-state index is -0.331. The van der Waals surface area contributed by atoms with E-state index in [4.69, 9.17) is 10.5 Å². The van der Waals surface area contributed by atoms with Crippen molar-refractivity contribution >= 4 is 23.5 Å².